The van der Waals surface area contributed by atoms with Gasteiger partial charge in [0.05, 0.1) is 18.8 Å². The summed E-state index contributed by atoms with van der Waals surface area (Å²) >= 11 is 0. The van der Waals surface area contributed by atoms with Crippen LogP contribution in [-0.2, 0) is 0 Å². The highest BCUT2D eigenvalue weighted by molar-refractivity contribution is 5.32. The second-order valence-electron chi connectivity index (χ2n) is 4.31. The van der Waals surface area contributed by atoms with E-state index in [1.54, 1.807) is 12.4 Å². The van der Waals surface area contributed by atoms with E-state index in [1.165, 1.54) is 0 Å². The molecule has 1 unspecified atom stereocenters. The lowest BCUT2D eigenvalue weighted by Gasteiger charge is -2.17. The van der Waals surface area contributed by atoms with Crippen LogP contribution >= 0.6 is 0 Å². The molecule has 2 aromatic heterocycles. The van der Waals surface area contributed by atoms with Crippen LogP contribution in [0.15, 0.2) is 43.0 Å². The molecular formula is C15H19N3O. The van der Waals surface area contributed by atoms with E-state index in [1.807, 2.05) is 37.6 Å². The standard InChI is InChI=1S/C15H19N3O/c1-3-7-19-14-8-13(10-18-11-14)15(16-2)12-5-4-6-17-9-12/h4-6,8-11,15-16H,3,7H2,1-2H3. The summed E-state index contributed by atoms with van der Waals surface area (Å²) in [5.74, 6) is 0.809. The largest absolute Gasteiger partial charge is 0.492 e. The molecule has 1 N–H and O–H groups in total. The third-order valence-electron chi connectivity index (χ3n) is 2.85. The monoisotopic (exact) mass is 257 g/mol. The molecule has 0 aliphatic carbocycles. The number of pyridine rings is 2. The lowest BCUT2D eigenvalue weighted by atomic mass is 10.0. The van der Waals surface area contributed by atoms with Crippen molar-refractivity contribution >= 4 is 0 Å². The number of hydrogen-bond acceptors (Lipinski definition) is 4. The van der Waals surface area contributed by atoms with E-state index in [4.69, 9.17) is 4.74 Å². The summed E-state index contributed by atoms with van der Waals surface area (Å²) in [6.07, 6.45) is 8.22. The Morgan fingerprint density at radius 2 is 2.05 bits per heavy atom. The molecule has 0 amide bonds. The second-order valence-corrected chi connectivity index (χ2v) is 4.31. The summed E-state index contributed by atoms with van der Waals surface area (Å²) in [6.45, 7) is 2.80. The number of hydrogen-bond donors (Lipinski definition) is 1. The number of rotatable bonds is 6. The Morgan fingerprint density at radius 1 is 1.21 bits per heavy atom. The van der Waals surface area contributed by atoms with Crippen LogP contribution in [0.3, 0.4) is 0 Å². The maximum Gasteiger partial charge on any atom is 0.137 e. The van der Waals surface area contributed by atoms with Crippen molar-refractivity contribution in [2.24, 2.45) is 0 Å². The van der Waals surface area contributed by atoms with Crippen molar-refractivity contribution in [3.63, 3.8) is 0 Å². The van der Waals surface area contributed by atoms with E-state index >= 15 is 0 Å². The van der Waals surface area contributed by atoms with Gasteiger partial charge in [-0.25, -0.2) is 0 Å². The highest BCUT2D eigenvalue weighted by atomic mass is 16.5. The van der Waals surface area contributed by atoms with Crippen molar-refractivity contribution in [3.05, 3.63) is 54.1 Å². The van der Waals surface area contributed by atoms with Gasteiger partial charge in [0.1, 0.15) is 5.75 Å². The van der Waals surface area contributed by atoms with E-state index in [2.05, 4.69) is 22.2 Å². The van der Waals surface area contributed by atoms with E-state index < -0.39 is 0 Å². The van der Waals surface area contributed by atoms with Crippen molar-refractivity contribution in [2.75, 3.05) is 13.7 Å². The maximum absolute atomic E-state index is 5.62. The molecule has 0 bridgehead atoms. The number of aromatic nitrogens is 2. The Labute approximate surface area is 113 Å². The Morgan fingerprint density at radius 3 is 2.74 bits per heavy atom. The van der Waals surface area contributed by atoms with E-state index in [-0.39, 0.29) is 6.04 Å². The average Bonchev–Trinajstić information content (AvgIpc) is 2.47. The van der Waals surface area contributed by atoms with Gasteiger partial charge in [-0.05, 0) is 36.7 Å². The highest BCUT2D eigenvalue weighted by Crippen LogP contribution is 2.23. The van der Waals surface area contributed by atoms with Crippen LogP contribution in [0.25, 0.3) is 0 Å². The molecule has 0 saturated carbocycles. The van der Waals surface area contributed by atoms with Crippen LogP contribution in [0.2, 0.25) is 0 Å². The second kappa shape index (κ2) is 6.85. The van der Waals surface area contributed by atoms with Gasteiger partial charge in [-0.15, -0.1) is 0 Å². The maximum atomic E-state index is 5.62. The molecule has 0 aliphatic heterocycles. The average molecular weight is 257 g/mol. The third kappa shape index (κ3) is 3.51. The van der Waals surface area contributed by atoms with E-state index in [0.717, 1.165) is 23.3 Å². The molecule has 2 heterocycles. The molecule has 0 aliphatic rings. The molecule has 1 atom stereocenters. The molecule has 4 heteroatoms. The van der Waals surface area contributed by atoms with Gasteiger partial charge >= 0.3 is 0 Å². The first-order chi connectivity index (χ1) is 9.35. The first-order valence-corrected chi connectivity index (χ1v) is 6.50. The van der Waals surface area contributed by atoms with Gasteiger partial charge in [0.25, 0.3) is 0 Å². The number of nitrogens with zero attached hydrogens (tertiary/aromatic N) is 2. The highest BCUT2D eigenvalue weighted by Gasteiger charge is 2.13. The van der Waals surface area contributed by atoms with Crippen LogP contribution in [0, 0.1) is 0 Å². The predicted octanol–water partition coefficient (Wildman–Crippen LogP) is 2.57. The van der Waals surface area contributed by atoms with Crippen molar-refractivity contribution in [2.45, 2.75) is 19.4 Å². The van der Waals surface area contributed by atoms with Crippen molar-refractivity contribution in [1.29, 1.82) is 0 Å². The molecule has 0 spiro atoms. The lowest BCUT2D eigenvalue weighted by Crippen LogP contribution is -2.18. The molecule has 19 heavy (non-hydrogen) atoms. The SMILES string of the molecule is CCCOc1cncc(C(NC)c2cccnc2)c1. The van der Waals surface area contributed by atoms with Crippen molar-refractivity contribution in [1.82, 2.24) is 15.3 Å². The minimum atomic E-state index is 0.0753. The van der Waals surface area contributed by atoms with Crippen LogP contribution in [0.1, 0.15) is 30.5 Å². The van der Waals surface area contributed by atoms with Crippen molar-refractivity contribution in [3.8, 4) is 5.75 Å². The molecule has 4 nitrogen and oxygen atoms in total. The summed E-state index contributed by atoms with van der Waals surface area (Å²) in [5, 5.41) is 3.28. The van der Waals surface area contributed by atoms with Crippen molar-refractivity contribution < 1.29 is 4.74 Å². The summed E-state index contributed by atoms with van der Waals surface area (Å²) in [7, 11) is 1.93. The first-order valence-electron chi connectivity index (χ1n) is 6.50. The van der Waals surface area contributed by atoms with Gasteiger partial charge in [-0.2, -0.15) is 0 Å². The van der Waals surface area contributed by atoms with Crippen LogP contribution in [0.4, 0.5) is 0 Å². The van der Waals surface area contributed by atoms with Gasteiger partial charge in [-0.3, -0.25) is 9.97 Å². The smallest absolute Gasteiger partial charge is 0.137 e. The summed E-state index contributed by atoms with van der Waals surface area (Å²) in [6, 6.07) is 6.08. The predicted molar refractivity (Wildman–Crippen MR) is 75.2 cm³/mol. The zero-order valence-corrected chi connectivity index (χ0v) is 11.3. The molecule has 0 fully saturated rings. The topological polar surface area (TPSA) is 47.0 Å². The van der Waals surface area contributed by atoms with Gasteiger partial charge < -0.3 is 10.1 Å². The molecule has 2 rings (SSSR count). The molecule has 2 aromatic rings. The fourth-order valence-electron chi connectivity index (χ4n) is 1.96. The first kappa shape index (κ1) is 13.5. The van der Waals surface area contributed by atoms with Crippen LogP contribution in [0.5, 0.6) is 5.75 Å². The summed E-state index contributed by atoms with van der Waals surface area (Å²) < 4.78 is 5.62. The van der Waals surface area contributed by atoms with E-state index in [9.17, 15) is 0 Å². The minimum absolute atomic E-state index is 0.0753. The Kier molecular flexibility index (Phi) is 4.86. The summed E-state index contributed by atoms with van der Waals surface area (Å²) in [5.41, 5.74) is 2.18. The molecule has 0 saturated heterocycles. The normalized spacial score (nSPS) is 12.1. The fraction of sp³-hybridized carbons (Fsp3) is 0.333. The van der Waals surface area contributed by atoms with E-state index in [0.29, 0.717) is 6.61 Å². The van der Waals surface area contributed by atoms with Gasteiger partial charge in [0.15, 0.2) is 0 Å². The Bertz CT molecular complexity index is 502. The Balaban J connectivity index is 2.23. The molecule has 100 valence electrons. The zero-order valence-electron chi connectivity index (χ0n) is 11.3. The van der Waals surface area contributed by atoms with Crippen LogP contribution < -0.4 is 10.1 Å². The van der Waals surface area contributed by atoms with Gasteiger partial charge in [0, 0.05) is 18.6 Å². The summed E-state index contributed by atoms with van der Waals surface area (Å²) in [4.78, 5) is 8.41. The Hall–Kier alpha value is -1.94. The third-order valence-corrected chi connectivity index (χ3v) is 2.85. The van der Waals surface area contributed by atoms with Crippen LogP contribution in [-0.4, -0.2) is 23.6 Å². The molecular weight excluding hydrogens is 238 g/mol. The zero-order chi connectivity index (χ0) is 13.5. The fourth-order valence-corrected chi connectivity index (χ4v) is 1.96. The number of nitrogens with one attached hydrogen (secondary N) is 1. The quantitative estimate of drug-likeness (QED) is 0.864. The minimum Gasteiger partial charge on any atom is -0.492 e. The number of ether oxygens (including phenoxy) is 1. The molecule has 0 aromatic carbocycles. The molecule has 0 radical (unpaired) electrons. The van der Waals surface area contributed by atoms with Gasteiger partial charge in [-0.1, -0.05) is 13.0 Å². The lowest BCUT2D eigenvalue weighted by molar-refractivity contribution is 0.315. The van der Waals surface area contributed by atoms with Gasteiger partial charge in [0.2, 0.25) is 0 Å².